The van der Waals surface area contributed by atoms with Crippen molar-refractivity contribution in [1.29, 1.82) is 0 Å². The van der Waals surface area contributed by atoms with E-state index >= 15 is 0 Å². The molecule has 106 valence electrons. The first-order chi connectivity index (χ1) is 9.15. The molecule has 0 atom stereocenters. The number of rotatable bonds is 9. The number of benzene rings is 1. The van der Waals surface area contributed by atoms with Gasteiger partial charge >= 0.3 is 0 Å². The van der Waals surface area contributed by atoms with Crippen LogP contribution >= 0.6 is 12.2 Å². The van der Waals surface area contributed by atoms with Crippen LogP contribution in [0.2, 0.25) is 0 Å². The number of thiocarbonyl (C=S) groups is 1. The van der Waals surface area contributed by atoms with Gasteiger partial charge in [0.1, 0.15) is 10.7 Å². The summed E-state index contributed by atoms with van der Waals surface area (Å²) in [4.78, 5) is 0.357. The summed E-state index contributed by atoms with van der Waals surface area (Å²) in [5.74, 6) is 0.731. The highest BCUT2D eigenvalue weighted by Crippen LogP contribution is 2.20. The van der Waals surface area contributed by atoms with Crippen LogP contribution in [0.1, 0.15) is 17.5 Å². The lowest BCUT2D eigenvalue weighted by Gasteiger charge is -2.11. The van der Waals surface area contributed by atoms with Gasteiger partial charge < -0.3 is 19.9 Å². The van der Waals surface area contributed by atoms with Gasteiger partial charge in [0, 0.05) is 20.1 Å². The van der Waals surface area contributed by atoms with Crippen molar-refractivity contribution in [3.8, 4) is 5.75 Å². The van der Waals surface area contributed by atoms with E-state index in [-0.39, 0.29) is 0 Å². The van der Waals surface area contributed by atoms with Gasteiger partial charge in [0.05, 0.1) is 25.4 Å². The van der Waals surface area contributed by atoms with Gasteiger partial charge in [-0.25, -0.2) is 0 Å². The normalized spacial score (nSPS) is 10.4. The second-order valence-electron chi connectivity index (χ2n) is 4.17. The second kappa shape index (κ2) is 8.85. The van der Waals surface area contributed by atoms with Crippen LogP contribution in [0.5, 0.6) is 5.75 Å². The number of methoxy groups -OCH3 is 1. The van der Waals surface area contributed by atoms with Crippen molar-refractivity contribution in [2.75, 3.05) is 33.5 Å². The fraction of sp³-hybridized carbons (Fsp3) is 0.500. The van der Waals surface area contributed by atoms with E-state index in [4.69, 9.17) is 32.2 Å². The van der Waals surface area contributed by atoms with Crippen LogP contribution in [-0.4, -0.2) is 38.5 Å². The van der Waals surface area contributed by atoms with Gasteiger partial charge in [0.15, 0.2) is 0 Å². The van der Waals surface area contributed by atoms with Crippen molar-refractivity contribution in [1.82, 2.24) is 0 Å². The van der Waals surface area contributed by atoms with Gasteiger partial charge in [0.25, 0.3) is 0 Å². The molecule has 0 saturated carbocycles. The van der Waals surface area contributed by atoms with E-state index in [1.807, 2.05) is 25.1 Å². The SMILES string of the molecule is COCCOCCCOc1ccc(C)cc1C(N)=S. The van der Waals surface area contributed by atoms with E-state index in [0.717, 1.165) is 23.3 Å². The predicted octanol–water partition coefficient (Wildman–Crippen LogP) is 2.06. The predicted molar refractivity (Wildman–Crippen MR) is 79.9 cm³/mol. The van der Waals surface area contributed by atoms with E-state index < -0.39 is 0 Å². The molecular formula is C14H21NO3S. The van der Waals surface area contributed by atoms with Crippen molar-refractivity contribution in [3.63, 3.8) is 0 Å². The van der Waals surface area contributed by atoms with Gasteiger partial charge in [-0.2, -0.15) is 0 Å². The fourth-order valence-corrected chi connectivity index (χ4v) is 1.71. The van der Waals surface area contributed by atoms with Crippen molar-refractivity contribution in [2.45, 2.75) is 13.3 Å². The largest absolute Gasteiger partial charge is 0.493 e. The highest BCUT2D eigenvalue weighted by Gasteiger charge is 2.06. The van der Waals surface area contributed by atoms with Crippen LogP contribution in [-0.2, 0) is 9.47 Å². The summed E-state index contributed by atoms with van der Waals surface area (Å²) in [6, 6.07) is 5.81. The van der Waals surface area contributed by atoms with Crippen LogP contribution in [0.4, 0.5) is 0 Å². The lowest BCUT2D eigenvalue weighted by Crippen LogP contribution is -2.13. The Bertz CT molecular complexity index is 410. The Hall–Kier alpha value is -1.17. The van der Waals surface area contributed by atoms with Crippen molar-refractivity contribution < 1.29 is 14.2 Å². The first-order valence-electron chi connectivity index (χ1n) is 6.25. The highest BCUT2D eigenvalue weighted by atomic mass is 32.1. The maximum atomic E-state index is 5.68. The Morgan fingerprint density at radius 3 is 2.68 bits per heavy atom. The molecule has 0 unspecified atom stereocenters. The zero-order valence-corrected chi connectivity index (χ0v) is 12.3. The zero-order chi connectivity index (χ0) is 14.1. The molecule has 1 aromatic rings. The lowest BCUT2D eigenvalue weighted by molar-refractivity contribution is 0.0644. The Labute approximate surface area is 119 Å². The van der Waals surface area contributed by atoms with Crippen LogP contribution in [0.3, 0.4) is 0 Å². The quantitative estimate of drug-likeness (QED) is 0.555. The van der Waals surface area contributed by atoms with Gasteiger partial charge in [-0.1, -0.05) is 23.8 Å². The maximum Gasteiger partial charge on any atom is 0.129 e. The molecule has 0 spiro atoms. The van der Waals surface area contributed by atoms with E-state index in [1.165, 1.54) is 0 Å². The summed E-state index contributed by atoms with van der Waals surface area (Å²) in [5, 5.41) is 0. The van der Waals surface area contributed by atoms with Gasteiger partial charge in [0.2, 0.25) is 0 Å². The Kier molecular flexibility index (Phi) is 7.40. The monoisotopic (exact) mass is 283 g/mol. The average molecular weight is 283 g/mol. The molecule has 0 aliphatic rings. The van der Waals surface area contributed by atoms with Crippen molar-refractivity contribution >= 4 is 17.2 Å². The van der Waals surface area contributed by atoms with Gasteiger partial charge in [-0.05, 0) is 19.1 Å². The topological polar surface area (TPSA) is 53.7 Å². The lowest BCUT2D eigenvalue weighted by atomic mass is 10.1. The number of aryl methyl sites for hydroxylation is 1. The molecule has 4 nitrogen and oxygen atoms in total. The fourth-order valence-electron chi connectivity index (χ4n) is 1.55. The Morgan fingerprint density at radius 2 is 2.00 bits per heavy atom. The minimum Gasteiger partial charge on any atom is -0.493 e. The minimum atomic E-state index is 0.357. The average Bonchev–Trinajstić information content (AvgIpc) is 2.39. The van der Waals surface area contributed by atoms with Gasteiger partial charge in [-0.3, -0.25) is 0 Å². The van der Waals surface area contributed by atoms with Crippen LogP contribution in [0, 0.1) is 6.92 Å². The van der Waals surface area contributed by atoms with Crippen molar-refractivity contribution in [3.05, 3.63) is 29.3 Å². The van der Waals surface area contributed by atoms with E-state index in [0.29, 0.717) is 31.4 Å². The Morgan fingerprint density at radius 1 is 1.21 bits per heavy atom. The summed E-state index contributed by atoms with van der Waals surface area (Å²) in [7, 11) is 1.65. The van der Waals surface area contributed by atoms with E-state index in [1.54, 1.807) is 7.11 Å². The first kappa shape index (κ1) is 15.9. The molecular weight excluding hydrogens is 262 g/mol. The number of nitrogens with two attached hydrogens (primary N) is 1. The number of ether oxygens (including phenoxy) is 3. The molecule has 0 bridgehead atoms. The third-order valence-electron chi connectivity index (χ3n) is 2.52. The summed E-state index contributed by atoms with van der Waals surface area (Å²) < 4.78 is 15.9. The standard InChI is InChI=1S/C14H21NO3S/c1-11-4-5-13(12(10-11)14(15)19)18-7-3-6-17-9-8-16-2/h4-5,10H,3,6-9H2,1-2H3,(H2,15,19). The smallest absolute Gasteiger partial charge is 0.129 e. The second-order valence-corrected chi connectivity index (χ2v) is 4.61. The summed E-state index contributed by atoms with van der Waals surface area (Å²) in [5.41, 5.74) is 7.58. The van der Waals surface area contributed by atoms with Gasteiger partial charge in [-0.15, -0.1) is 0 Å². The first-order valence-corrected chi connectivity index (χ1v) is 6.66. The molecule has 0 amide bonds. The molecule has 19 heavy (non-hydrogen) atoms. The summed E-state index contributed by atoms with van der Waals surface area (Å²) in [6.07, 6.45) is 0.814. The Balaban J connectivity index is 2.35. The molecule has 0 aromatic heterocycles. The van der Waals surface area contributed by atoms with Crippen LogP contribution < -0.4 is 10.5 Å². The maximum absolute atomic E-state index is 5.68. The summed E-state index contributed by atoms with van der Waals surface area (Å²) >= 11 is 5.02. The number of hydrogen-bond acceptors (Lipinski definition) is 4. The molecule has 1 rings (SSSR count). The van der Waals surface area contributed by atoms with Crippen LogP contribution in [0.15, 0.2) is 18.2 Å². The molecule has 0 fully saturated rings. The molecule has 2 N–H and O–H groups in total. The molecule has 0 heterocycles. The zero-order valence-electron chi connectivity index (χ0n) is 11.5. The summed E-state index contributed by atoms with van der Waals surface area (Å²) in [6.45, 7) is 4.45. The molecule has 0 aliphatic carbocycles. The molecule has 1 aromatic carbocycles. The van der Waals surface area contributed by atoms with Crippen molar-refractivity contribution in [2.24, 2.45) is 5.73 Å². The van der Waals surface area contributed by atoms with E-state index in [9.17, 15) is 0 Å². The molecule has 5 heteroatoms. The minimum absolute atomic E-state index is 0.357. The molecule has 0 saturated heterocycles. The number of hydrogen-bond donors (Lipinski definition) is 1. The highest BCUT2D eigenvalue weighted by molar-refractivity contribution is 7.80. The van der Waals surface area contributed by atoms with Crippen LogP contribution in [0.25, 0.3) is 0 Å². The third kappa shape index (κ3) is 6.00. The third-order valence-corrected chi connectivity index (χ3v) is 2.74. The molecule has 0 aliphatic heterocycles. The molecule has 0 radical (unpaired) electrons. The van der Waals surface area contributed by atoms with E-state index in [2.05, 4.69) is 0 Å².